The molecule has 3 heterocycles. The molecular weight excluding hydrogens is 301 g/mol. The number of nitrogens with one attached hydrogen (secondary N) is 1. The lowest BCUT2D eigenvalue weighted by molar-refractivity contribution is -0.125. The van der Waals surface area contributed by atoms with Crippen molar-refractivity contribution in [1.29, 1.82) is 0 Å². The Morgan fingerprint density at radius 3 is 2.70 bits per heavy atom. The number of rotatable bonds is 6. The number of likely N-dealkylation sites (tertiary alicyclic amines) is 1. The first kappa shape index (κ1) is 16.3. The Morgan fingerprint density at radius 2 is 2.04 bits per heavy atom. The molecular formula is C15H24FN5O2. The van der Waals surface area contributed by atoms with Gasteiger partial charge in [-0.2, -0.15) is 15.0 Å². The van der Waals surface area contributed by atoms with Gasteiger partial charge in [0.15, 0.2) is 0 Å². The lowest BCUT2D eigenvalue weighted by Gasteiger charge is -2.36. The molecule has 0 saturated carbocycles. The summed E-state index contributed by atoms with van der Waals surface area (Å²) < 4.78 is 20.0. The number of hydrogen-bond donors (Lipinski definition) is 1. The molecule has 1 amide bonds. The molecule has 2 saturated heterocycles. The minimum absolute atomic E-state index is 0.0771. The van der Waals surface area contributed by atoms with E-state index in [2.05, 4.69) is 20.4 Å². The molecule has 2 aliphatic rings. The van der Waals surface area contributed by atoms with E-state index in [1.807, 2.05) is 0 Å². The van der Waals surface area contributed by atoms with Crippen LogP contribution in [0.15, 0.2) is 12.4 Å². The summed E-state index contributed by atoms with van der Waals surface area (Å²) in [6.45, 7) is 4.11. The van der Waals surface area contributed by atoms with Crippen molar-refractivity contribution in [2.24, 2.45) is 5.92 Å². The molecule has 8 heteroatoms. The van der Waals surface area contributed by atoms with Gasteiger partial charge < -0.3 is 15.0 Å². The summed E-state index contributed by atoms with van der Waals surface area (Å²) in [6, 6.07) is 0. The van der Waals surface area contributed by atoms with E-state index in [0.717, 1.165) is 13.0 Å². The van der Waals surface area contributed by atoms with Gasteiger partial charge in [0.1, 0.15) is 5.67 Å². The van der Waals surface area contributed by atoms with Crippen LogP contribution in [0.25, 0.3) is 0 Å². The van der Waals surface area contributed by atoms with Crippen LogP contribution in [0.2, 0.25) is 0 Å². The predicted molar refractivity (Wildman–Crippen MR) is 81.5 cm³/mol. The van der Waals surface area contributed by atoms with Crippen LogP contribution >= 0.6 is 0 Å². The molecule has 1 N–H and O–H groups in total. The van der Waals surface area contributed by atoms with Gasteiger partial charge in [-0.3, -0.25) is 4.79 Å². The smallest absolute Gasteiger partial charge is 0.225 e. The van der Waals surface area contributed by atoms with E-state index in [9.17, 15) is 9.18 Å². The Morgan fingerprint density at radius 1 is 1.30 bits per heavy atom. The molecule has 1 aromatic heterocycles. The van der Waals surface area contributed by atoms with Gasteiger partial charge in [-0.1, -0.05) is 0 Å². The normalized spacial score (nSPS) is 24.7. The maximum atomic E-state index is 14.8. The number of aromatic nitrogens is 3. The SMILES string of the molecule is O=C(NCC1(F)CCN(CCn2nccn2)CC1)C1CCOC1. The molecule has 3 rings (SSSR count). The fraction of sp³-hybridized carbons (Fsp3) is 0.800. The van der Waals surface area contributed by atoms with E-state index in [-0.39, 0.29) is 18.4 Å². The van der Waals surface area contributed by atoms with Gasteiger partial charge in [-0.25, -0.2) is 4.39 Å². The molecule has 23 heavy (non-hydrogen) atoms. The zero-order valence-electron chi connectivity index (χ0n) is 13.3. The summed E-state index contributed by atoms with van der Waals surface area (Å²) in [5.41, 5.74) is -1.30. The molecule has 0 bridgehead atoms. The second-order valence-electron chi connectivity index (χ2n) is 6.40. The van der Waals surface area contributed by atoms with E-state index in [1.165, 1.54) is 0 Å². The largest absolute Gasteiger partial charge is 0.381 e. The fourth-order valence-electron chi connectivity index (χ4n) is 3.08. The van der Waals surface area contributed by atoms with Crippen LogP contribution in [0.5, 0.6) is 0 Å². The second-order valence-corrected chi connectivity index (χ2v) is 6.40. The summed E-state index contributed by atoms with van der Waals surface area (Å²) in [6.07, 6.45) is 4.93. The Bertz CT molecular complexity index is 496. The van der Waals surface area contributed by atoms with Crippen molar-refractivity contribution < 1.29 is 13.9 Å². The maximum Gasteiger partial charge on any atom is 0.225 e. The molecule has 0 spiro atoms. The number of hydrogen-bond acceptors (Lipinski definition) is 5. The Kier molecular flexibility index (Phi) is 5.22. The van der Waals surface area contributed by atoms with Gasteiger partial charge in [0.2, 0.25) is 5.91 Å². The van der Waals surface area contributed by atoms with Gasteiger partial charge in [0, 0.05) is 26.2 Å². The van der Waals surface area contributed by atoms with Gasteiger partial charge in [-0.05, 0) is 19.3 Å². The van der Waals surface area contributed by atoms with E-state index >= 15 is 0 Å². The van der Waals surface area contributed by atoms with Crippen LogP contribution in [0.4, 0.5) is 4.39 Å². The van der Waals surface area contributed by atoms with Gasteiger partial charge in [0.25, 0.3) is 0 Å². The van der Waals surface area contributed by atoms with Crippen LogP contribution in [0, 0.1) is 5.92 Å². The average Bonchev–Trinajstić information content (AvgIpc) is 3.25. The van der Waals surface area contributed by atoms with E-state index in [0.29, 0.717) is 45.7 Å². The molecule has 1 aromatic rings. The van der Waals surface area contributed by atoms with Crippen LogP contribution < -0.4 is 5.32 Å². The maximum absolute atomic E-state index is 14.8. The average molecular weight is 325 g/mol. The van der Waals surface area contributed by atoms with Gasteiger partial charge in [0.05, 0.1) is 38.0 Å². The number of carbonyl (C=O) groups is 1. The highest BCUT2D eigenvalue weighted by atomic mass is 19.1. The third-order valence-electron chi connectivity index (χ3n) is 4.71. The molecule has 0 radical (unpaired) electrons. The van der Waals surface area contributed by atoms with Crippen molar-refractivity contribution in [1.82, 2.24) is 25.2 Å². The lowest BCUT2D eigenvalue weighted by Crippen LogP contribution is -2.49. The quantitative estimate of drug-likeness (QED) is 0.811. The predicted octanol–water partition coefficient (Wildman–Crippen LogP) is 0.235. The first-order valence-electron chi connectivity index (χ1n) is 8.25. The van der Waals surface area contributed by atoms with E-state index < -0.39 is 5.67 Å². The monoisotopic (exact) mass is 325 g/mol. The highest BCUT2D eigenvalue weighted by Gasteiger charge is 2.35. The standard InChI is InChI=1S/C15H24FN5O2/c16-15(12-17-14(22)13-1-10-23-11-13)2-6-20(7-3-15)8-9-21-18-4-5-19-21/h4-5,13H,1-3,6-12H2,(H,17,22). The number of halogens is 1. The Balaban J connectivity index is 1.37. The minimum atomic E-state index is -1.30. The van der Waals surface area contributed by atoms with Crippen LogP contribution in [-0.4, -0.2) is 70.9 Å². The van der Waals surface area contributed by atoms with Crippen molar-refractivity contribution in [3.8, 4) is 0 Å². The van der Waals surface area contributed by atoms with Crippen LogP contribution in [0.3, 0.4) is 0 Å². The highest BCUT2D eigenvalue weighted by molar-refractivity contribution is 5.79. The molecule has 1 unspecified atom stereocenters. The van der Waals surface area contributed by atoms with Crippen molar-refractivity contribution >= 4 is 5.91 Å². The third kappa shape index (κ3) is 4.48. The molecule has 7 nitrogen and oxygen atoms in total. The molecule has 2 fully saturated rings. The minimum Gasteiger partial charge on any atom is -0.381 e. The number of ether oxygens (including phenoxy) is 1. The molecule has 0 aliphatic carbocycles. The van der Waals surface area contributed by atoms with Crippen LogP contribution in [0.1, 0.15) is 19.3 Å². The zero-order chi connectivity index (χ0) is 16.1. The Labute approximate surface area is 135 Å². The number of piperidine rings is 1. The summed E-state index contributed by atoms with van der Waals surface area (Å²) in [7, 11) is 0. The summed E-state index contributed by atoms with van der Waals surface area (Å²) in [4.78, 5) is 15.8. The summed E-state index contributed by atoms with van der Waals surface area (Å²) in [5.74, 6) is -0.188. The molecule has 2 aliphatic heterocycles. The van der Waals surface area contributed by atoms with Crippen molar-refractivity contribution in [2.75, 3.05) is 39.4 Å². The van der Waals surface area contributed by atoms with Crippen molar-refractivity contribution in [3.63, 3.8) is 0 Å². The van der Waals surface area contributed by atoms with E-state index in [1.54, 1.807) is 17.2 Å². The lowest BCUT2D eigenvalue weighted by atomic mass is 9.93. The van der Waals surface area contributed by atoms with Crippen molar-refractivity contribution in [2.45, 2.75) is 31.5 Å². The Hall–Kier alpha value is -1.54. The first-order chi connectivity index (χ1) is 11.1. The topological polar surface area (TPSA) is 72.3 Å². The van der Waals surface area contributed by atoms with Gasteiger partial charge >= 0.3 is 0 Å². The number of amides is 1. The molecule has 128 valence electrons. The van der Waals surface area contributed by atoms with E-state index in [4.69, 9.17) is 4.74 Å². The first-order valence-corrected chi connectivity index (χ1v) is 8.25. The molecule has 1 atom stereocenters. The third-order valence-corrected chi connectivity index (χ3v) is 4.71. The highest BCUT2D eigenvalue weighted by Crippen LogP contribution is 2.26. The molecule has 0 aromatic carbocycles. The summed E-state index contributed by atoms with van der Waals surface area (Å²) >= 11 is 0. The number of carbonyl (C=O) groups excluding carboxylic acids is 1. The van der Waals surface area contributed by atoms with Gasteiger partial charge in [-0.15, -0.1) is 0 Å². The fourth-order valence-corrected chi connectivity index (χ4v) is 3.08. The second kappa shape index (κ2) is 7.35. The number of alkyl halides is 1. The van der Waals surface area contributed by atoms with Crippen molar-refractivity contribution in [3.05, 3.63) is 12.4 Å². The summed E-state index contributed by atoms with van der Waals surface area (Å²) in [5, 5.41) is 10.9. The van der Waals surface area contributed by atoms with Crippen LogP contribution in [-0.2, 0) is 16.1 Å². The number of nitrogens with zero attached hydrogens (tertiary/aromatic N) is 4. The zero-order valence-corrected chi connectivity index (χ0v) is 13.3.